The first-order valence-electron chi connectivity index (χ1n) is 7.39. The van der Waals surface area contributed by atoms with Crippen molar-refractivity contribution in [3.63, 3.8) is 0 Å². The molecule has 18 heavy (non-hydrogen) atoms. The van der Waals surface area contributed by atoms with Crippen LogP contribution in [0.1, 0.15) is 32.1 Å². The molecule has 4 fully saturated rings. The van der Waals surface area contributed by atoms with Crippen molar-refractivity contribution < 1.29 is 4.79 Å². The number of nitrogens with two attached hydrogens (primary N) is 1. The number of carbonyl (C=O) groups is 1. The van der Waals surface area contributed by atoms with Crippen molar-refractivity contribution in [2.75, 3.05) is 13.1 Å². The van der Waals surface area contributed by atoms with Crippen molar-refractivity contribution in [2.45, 2.75) is 32.1 Å². The van der Waals surface area contributed by atoms with Gasteiger partial charge in [0, 0.05) is 6.54 Å². The second-order valence-corrected chi connectivity index (χ2v) is 6.44. The molecule has 0 radical (unpaired) electrons. The molecule has 0 heterocycles. The lowest BCUT2D eigenvalue weighted by Crippen LogP contribution is -2.44. The van der Waals surface area contributed by atoms with E-state index in [1.807, 2.05) is 0 Å². The molecule has 3 nitrogen and oxygen atoms in total. The summed E-state index contributed by atoms with van der Waals surface area (Å²) in [6, 6.07) is 0. The number of nitrogens with one attached hydrogen (secondary N) is 1. The van der Waals surface area contributed by atoms with Gasteiger partial charge in [0.2, 0.25) is 5.91 Å². The van der Waals surface area contributed by atoms with E-state index in [0.29, 0.717) is 6.54 Å². The Hall–Kier alpha value is -0.830. The van der Waals surface area contributed by atoms with Crippen LogP contribution >= 0.6 is 0 Å². The molecule has 0 aromatic carbocycles. The number of amides is 1. The van der Waals surface area contributed by atoms with Gasteiger partial charge in [0.05, 0.1) is 6.54 Å². The molecule has 0 aromatic rings. The van der Waals surface area contributed by atoms with Crippen molar-refractivity contribution >= 4 is 5.91 Å². The number of carbonyl (C=O) groups excluding carboxylic acids is 1. The quantitative estimate of drug-likeness (QED) is 0.744. The van der Waals surface area contributed by atoms with Crippen molar-refractivity contribution in [2.24, 2.45) is 35.3 Å². The molecule has 0 unspecified atom stereocenters. The fourth-order valence-corrected chi connectivity index (χ4v) is 4.75. The predicted molar refractivity (Wildman–Crippen MR) is 71.7 cm³/mol. The minimum absolute atomic E-state index is 0.0651. The Morgan fingerprint density at radius 1 is 1.11 bits per heavy atom. The lowest BCUT2D eigenvalue weighted by Gasteiger charge is -2.53. The Bertz CT molecular complexity index is 322. The van der Waals surface area contributed by atoms with Gasteiger partial charge in [-0.2, -0.15) is 0 Å². The summed E-state index contributed by atoms with van der Waals surface area (Å²) >= 11 is 0. The predicted octanol–water partition coefficient (Wildman–Crippen LogP) is 1.69. The summed E-state index contributed by atoms with van der Waals surface area (Å²) < 4.78 is 0. The zero-order valence-corrected chi connectivity index (χ0v) is 11.0. The molecule has 4 aliphatic carbocycles. The van der Waals surface area contributed by atoms with Gasteiger partial charge in [-0.1, -0.05) is 12.2 Å². The van der Waals surface area contributed by atoms with Gasteiger partial charge in [-0.3, -0.25) is 4.79 Å². The zero-order valence-electron chi connectivity index (χ0n) is 11.0. The molecular formula is C15H24N2O. The van der Waals surface area contributed by atoms with Crippen LogP contribution in [0.25, 0.3) is 0 Å². The third-order valence-electron chi connectivity index (χ3n) is 5.26. The fourth-order valence-electron chi connectivity index (χ4n) is 4.75. The van der Waals surface area contributed by atoms with Crippen LogP contribution in [0.15, 0.2) is 12.2 Å². The number of allylic oxidation sites excluding steroid dienone is 1. The van der Waals surface area contributed by atoms with Gasteiger partial charge in [0.25, 0.3) is 0 Å². The molecule has 3 N–H and O–H groups in total. The van der Waals surface area contributed by atoms with E-state index >= 15 is 0 Å². The third-order valence-corrected chi connectivity index (χ3v) is 5.26. The average Bonchev–Trinajstić information content (AvgIpc) is 2.36. The summed E-state index contributed by atoms with van der Waals surface area (Å²) in [6.45, 7) is 0.727. The van der Waals surface area contributed by atoms with Crippen LogP contribution < -0.4 is 11.1 Å². The van der Waals surface area contributed by atoms with Gasteiger partial charge < -0.3 is 11.1 Å². The first-order valence-corrected chi connectivity index (χ1v) is 7.39. The largest absolute Gasteiger partial charge is 0.352 e. The van der Waals surface area contributed by atoms with Crippen molar-refractivity contribution in [1.82, 2.24) is 5.32 Å². The highest BCUT2D eigenvalue weighted by molar-refractivity contribution is 5.77. The van der Waals surface area contributed by atoms with Crippen LogP contribution in [-0.4, -0.2) is 19.0 Å². The molecule has 4 rings (SSSR count). The molecule has 4 bridgehead atoms. The molecule has 0 atom stereocenters. The Balaban J connectivity index is 1.54. The molecule has 0 aromatic heterocycles. The second kappa shape index (κ2) is 5.04. The molecule has 100 valence electrons. The molecule has 4 aliphatic rings. The molecule has 3 heteroatoms. The molecule has 4 saturated carbocycles. The highest BCUT2D eigenvalue weighted by Gasteiger charge is 2.46. The van der Waals surface area contributed by atoms with Gasteiger partial charge in [0.1, 0.15) is 0 Å². The van der Waals surface area contributed by atoms with E-state index in [4.69, 9.17) is 5.73 Å². The highest BCUT2D eigenvalue weighted by Crippen LogP contribution is 2.56. The maximum absolute atomic E-state index is 11.0. The van der Waals surface area contributed by atoms with E-state index in [-0.39, 0.29) is 12.5 Å². The molecule has 0 spiro atoms. The summed E-state index contributed by atoms with van der Waals surface area (Å²) in [4.78, 5) is 11.0. The van der Waals surface area contributed by atoms with E-state index < -0.39 is 0 Å². The Morgan fingerprint density at radius 3 is 2.28 bits per heavy atom. The van der Waals surface area contributed by atoms with Crippen molar-refractivity contribution in [3.05, 3.63) is 12.2 Å². The normalized spacial score (nSPS) is 41.5. The molecular weight excluding hydrogens is 224 g/mol. The van der Waals surface area contributed by atoms with Crippen LogP contribution in [0.2, 0.25) is 0 Å². The van der Waals surface area contributed by atoms with E-state index in [1.54, 1.807) is 0 Å². The van der Waals surface area contributed by atoms with E-state index in [1.165, 1.54) is 32.1 Å². The first-order chi connectivity index (χ1) is 8.76. The second-order valence-electron chi connectivity index (χ2n) is 6.44. The summed E-state index contributed by atoms with van der Waals surface area (Å²) in [5, 5.41) is 2.80. The smallest absolute Gasteiger partial charge is 0.233 e. The fraction of sp³-hybridized carbons (Fsp3) is 0.800. The monoisotopic (exact) mass is 248 g/mol. The number of hydrogen-bond acceptors (Lipinski definition) is 2. The lowest BCUT2D eigenvalue weighted by molar-refractivity contribution is -0.119. The van der Waals surface area contributed by atoms with E-state index in [9.17, 15) is 4.79 Å². The topological polar surface area (TPSA) is 55.1 Å². The van der Waals surface area contributed by atoms with Gasteiger partial charge >= 0.3 is 0 Å². The van der Waals surface area contributed by atoms with Crippen molar-refractivity contribution in [1.29, 1.82) is 0 Å². The zero-order chi connectivity index (χ0) is 12.5. The summed E-state index contributed by atoms with van der Waals surface area (Å²) in [6.07, 6.45) is 11.9. The van der Waals surface area contributed by atoms with Gasteiger partial charge in [-0.25, -0.2) is 0 Å². The summed E-state index contributed by atoms with van der Waals surface area (Å²) in [5.74, 6) is 4.66. The summed E-state index contributed by atoms with van der Waals surface area (Å²) in [7, 11) is 0. The third kappa shape index (κ3) is 2.33. The Kier molecular flexibility index (Phi) is 3.42. The Labute approximate surface area is 109 Å². The van der Waals surface area contributed by atoms with Crippen LogP contribution in [0, 0.1) is 29.6 Å². The SMILES string of the molecule is NCC(=O)NC/C=C/C1C2CC3CC(C2)CC1C3. The lowest BCUT2D eigenvalue weighted by atomic mass is 9.52. The van der Waals surface area contributed by atoms with Gasteiger partial charge in [-0.05, 0) is 61.7 Å². The first kappa shape index (κ1) is 12.2. The average molecular weight is 248 g/mol. The maximum atomic E-state index is 11.0. The maximum Gasteiger partial charge on any atom is 0.233 e. The van der Waals surface area contributed by atoms with Crippen LogP contribution in [0.3, 0.4) is 0 Å². The molecule has 0 aliphatic heterocycles. The minimum atomic E-state index is -0.0651. The van der Waals surface area contributed by atoms with Crippen LogP contribution in [0.4, 0.5) is 0 Å². The molecule has 1 amide bonds. The van der Waals surface area contributed by atoms with Gasteiger partial charge in [0.15, 0.2) is 0 Å². The Morgan fingerprint density at radius 2 is 1.72 bits per heavy atom. The number of hydrogen-bond donors (Lipinski definition) is 2. The van der Waals surface area contributed by atoms with Gasteiger partial charge in [-0.15, -0.1) is 0 Å². The highest BCUT2D eigenvalue weighted by atomic mass is 16.1. The summed E-state index contributed by atoms with van der Waals surface area (Å²) in [5.41, 5.74) is 5.26. The standard InChI is InChI=1S/C15H24N2O/c16-9-15(18)17-3-1-2-14-12-5-10-4-11(7-12)8-13(14)6-10/h1-2,10-14H,3-9,16H2,(H,17,18)/b2-1+. The van der Waals surface area contributed by atoms with Crippen LogP contribution in [0.5, 0.6) is 0 Å². The van der Waals surface area contributed by atoms with E-state index in [0.717, 1.165) is 29.6 Å². The minimum Gasteiger partial charge on any atom is -0.352 e. The van der Waals surface area contributed by atoms with Crippen molar-refractivity contribution in [3.8, 4) is 0 Å². The van der Waals surface area contributed by atoms with Crippen LogP contribution in [-0.2, 0) is 4.79 Å². The number of rotatable bonds is 4. The molecule has 0 saturated heterocycles. The van der Waals surface area contributed by atoms with E-state index in [2.05, 4.69) is 17.5 Å².